The van der Waals surface area contributed by atoms with Gasteiger partial charge in [0.15, 0.2) is 0 Å². The molecule has 0 spiro atoms. The fourth-order valence-corrected chi connectivity index (χ4v) is 0.143. The van der Waals surface area contributed by atoms with E-state index in [1.807, 2.05) is 0 Å². The summed E-state index contributed by atoms with van der Waals surface area (Å²) in [7, 11) is 0. The molecule has 0 heterocycles. The van der Waals surface area contributed by atoms with Crippen LogP contribution in [0.5, 0.6) is 0 Å². The van der Waals surface area contributed by atoms with Gasteiger partial charge in [0.1, 0.15) is 0 Å². The minimum atomic E-state index is -1.26. The standard InChI is InChI=1S/C4H4O4.2CH3.2Ni/c5-3(6)1-2-4(7)8;;;;/h1-2H,(H,5,6)(H,7,8);2*1H3;;/q;2*-1;;+2/b2-1-;;;;. The molecule has 0 fully saturated rings. The van der Waals surface area contributed by atoms with Crippen LogP contribution >= 0.6 is 0 Å². The number of hydrogen-bond acceptors (Lipinski definition) is 2. The van der Waals surface area contributed by atoms with Gasteiger partial charge in [0.25, 0.3) is 0 Å². The van der Waals surface area contributed by atoms with Crippen molar-refractivity contribution in [3.63, 3.8) is 0 Å². The Kier molecular flexibility index (Phi) is 42.2. The van der Waals surface area contributed by atoms with Gasteiger partial charge >= 0.3 is 28.4 Å². The SMILES string of the molecule is O=C(O)/C=C\C(=O)O.[CH3-].[CH3-].[Ni+2].[Ni]. The van der Waals surface area contributed by atoms with Gasteiger partial charge in [0.05, 0.1) is 0 Å². The first-order chi connectivity index (χ1) is 3.63. The van der Waals surface area contributed by atoms with Crippen LogP contribution in [-0.2, 0) is 42.6 Å². The van der Waals surface area contributed by atoms with Crippen LogP contribution in [0.1, 0.15) is 0 Å². The summed E-state index contributed by atoms with van der Waals surface area (Å²) in [6.45, 7) is 0. The normalized spacial score (nSPS) is 6.33. The Labute approximate surface area is 91.9 Å². The first kappa shape index (κ1) is 29.9. The molecule has 0 radical (unpaired) electrons. The van der Waals surface area contributed by atoms with Crippen molar-refractivity contribution in [3.8, 4) is 0 Å². The molecule has 0 rings (SSSR count). The van der Waals surface area contributed by atoms with E-state index in [-0.39, 0.29) is 47.8 Å². The third kappa shape index (κ3) is 33.3. The number of hydrogen-bond donors (Lipinski definition) is 2. The number of carboxylic acid groups (broad SMARTS) is 2. The molecule has 78 valence electrons. The molecule has 0 amide bonds. The van der Waals surface area contributed by atoms with E-state index < -0.39 is 11.9 Å². The molecule has 6 heteroatoms. The summed E-state index contributed by atoms with van der Waals surface area (Å²) < 4.78 is 0. The summed E-state index contributed by atoms with van der Waals surface area (Å²) in [6, 6.07) is 0. The van der Waals surface area contributed by atoms with Gasteiger partial charge in [0, 0.05) is 28.6 Å². The molecule has 0 aliphatic heterocycles. The molecule has 0 bridgehead atoms. The third-order valence-corrected chi connectivity index (χ3v) is 0.368. The molecule has 0 saturated heterocycles. The Morgan fingerprint density at radius 2 is 1.08 bits per heavy atom. The molecule has 0 aromatic rings. The van der Waals surface area contributed by atoms with E-state index in [1.165, 1.54) is 0 Å². The smallest absolute Gasteiger partial charge is 0.478 e. The summed E-state index contributed by atoms with van der Waals surface area (Å²) in [6.07, 6.45) is 1.12. The van der Waals surface area contributed by atoms with Gasteiger partial charge in [-0.25, -0.2) is 9.59 Å². The topological polar surface area (TPSA) is 74.6 Å². The maximum Gasteiger partial charge on any atom is 2.00 e. The second kappa shape index (κ2) is 17.0. The van der Waals surface area contributed by atoms with Gasteiger partial charge in [-0.2, -0.15) is 0 Å². The van der Waals surface area contributed by atoms with Crippen LogP contribution in [0.15, 0.2) is 12.2 Å². The molecule has 4 nitrogen and oxygen atoms in total. The number of aliphatic carboxylic acids is 2. The minimum absolute atomic E-state index is 0. The quantitative estimate of drug-likeness (QED) is 0.435. The first-order valence-electron chi connectivity index (χ1n) is 1.77. The van der Waals surface area contributed by atoms with Crippen molar-refractivity contribution < 1.29 is 52.8 Å². The first-order valence-corrected chi connectivity index (χ1v) is 1.77. The van der Waals surface area contributed by atoms with Gasteiger partial charge < -0.3 is 25.1 Å². The Hall–Kier alpha value is -0.333. The third-order valence-electron chi connectivity index (χ3n) is 0.368. The Morgan fingerprint density at radius 1 is 0.917 bits per heavy atom. The van der Waals surface area contributed by atoms with Gasteiger partial charge in [0.2, 0.25) is 0 Å². The molecular weight excluding hydrogens is 253 g/mol. The number of carbonyl (C=O) groups is 2. The predicted octanol–water partition coefficient (Wildman–Crippen LogP) is 0.607. The van der Waals surface area contributed by atoms with Gasteiger partial charge in [-0.1, -0.05) is 0 Å². The Balaban J connectivity index is -0.0000000408. The average molecular weight is 264 g/mol. The van der Waals surface area contributed by atoms with Crippen molar-refractivity contribution in [1.82, 2.24) is 0 Å². The minimum Gasteiger partial charge on any atom is -0.478 e. The molecule has 2 N–H and O–H groups in total. The van der Waals surface area contributed by atoms with Crippen molar-refractivity contribution in [2.75, 3.05) is 0 Å². The average Bonchev–Trinajstić information content (AvgIpc) is 1.61. The van der Waals surface area contributed by atoms with E-state index in [0.29, 0.717) is 12.2 Å². The molecular formula is C6H10Ni2O4. The van der Waals surface area contributed by atoms with Gasteiger partial charge in [-0.3, -0.25) is 0 Å². The summed E-state index contributed by atoms with van der Waals surface area (Å²) in [4.78, 5) is 19.1. The van der Waals surface area contributed by atoms with Crippen LogP contribution in [0, 0.1) is 14.9 Å². The van der Waals surface area contributed by atoms with E-state index in [9.17, 15) is 9.59 Å². The maximum atomic E-state index is 9.55. The van der Waals surface area contributed by atoms with Crippen LogP contribution in [0.3, 0.4) is 0 Å². The molecule has 0 aromatic heterocycles. The van der Waals surface area contributed by atoms with Crippen molar-refractivity contribution in [3.05, 3.63) is 27.0 Å². The van der Waals surface area contributed by atoms with E-state index >= 15 is 0 Å². The molecule has 0 aliphatic carbocycles. The van der Waals surface area contributed by atoms with Crippen LogP contribution in [-0.4, -0.2) is 22.2 Å². The van der Waals surface area contributed by atoms with Crippen molar-refractivity contribution in [1.29, 1.82) is 0 Å². The largest absolute Gasteiger partial charge is 2.00 e. The van der Waals surface area contributed by atoms with Crippen LogP contribution < -0.4 is 0 Å². The molecule has 0 saturated carbocycles. The van der Waals surface area contributed by atoms with Crippen LogP contribution in [0.2, 0.25) is 0 Å². The van der Waals surface area contributed by atoms with Gasteiger partial charge in [-0.15, -0.1) is 0 Å². The van der Waals surface area contributed by atoms with E-state index in [1.54, 1.807) is 0 Å². The Morgan fingerprint density at radius 3 is 1.17 bits per heavy atom. The summed E-state index contributed by atoms with van der Waals surface area (Å²) in [5, 5.41) is 15.6. The number of rotatable bonds is 2. The summed E-state index contributed by atoms with van der Waals surface area (Å²) >= 11 is 0. The summed E-state index contributed by atoms with van der Waals surface area (Å²) in [5.74, 6) is -2.51. The molecule has 0 aliphatic rings. The zero-order valence-corrected chi connectivity index (χ0v) is 8.47. The van der Waals surface area contributed by atoms with E-state index in [0.717, 1.165) is 0 Å². The monoisotopic (exact) mass is 262 g/mol. The zero-order valence-electron chi connectivity index (χ0n) is 6.50. The second-order valence-electron chi connectivity index (χ2n) is 1.01. The molecule has 0 unspecified atom stereocenters. The van der Waals surface area contributed by atoms with Crippen LogP contribution in [0.4, 0.5) is 0 Å². The number of carboxylic acids is 2. The predicted molar refractivity (Wildman–Crippen MR) is 37.2 cm³/mol. The van der Waals surface area contributed by atoms with Gasteiger partial charge in [-0.05, 0) is 0 Å². The fourth-order valence-electron chi connectivity index (χ4n) is 0.143. The van der Waals surface area contributed by atoms with Crippen molar-refractivity contribution in [2.45, 2.75) is 0 Å². The van der Waals surface area contributed by atoms with Crippen LogP contribution in [0.25, 0.3) is 0 Å². The van der Waals surface area contributed by atoms with Crippen molar-refractivity contribution in [2.24, 2.45) is 0 Å². The second-order valence-corrected chi connectivity index (χ2v) is 1.01. The van der Waals surface area contributed by atoms with Crippen molar-refractivity contribution >= 4 is 11.9 Å². The van der Waals surface area contributed by atoms with E-state index in [4.69, 9.17) is 10.2 Å². The molecule has 12 heavy (non-hydrogen) atoms. The molecule has 0 aromatic carbocycles. The summed E-state index contributed by atoms with van der Waals surface area (Å²) in [5.41, 5.74) is 0. The maximum absolute atomic E-state index is 9.55. The fraction of sp³-hybridized carbons (Fsp3) is 0. The Bertz CT molecular complexity index is 128. The van der Waals surface area contributed by atoms with E-state index in [2.05, 4.69) is 0 Å². The molecule has 0 atom stereocenters. The zero-order chi connectivity index (χ0) is 6.57.